The number of para-hydroxylation sites is 1. The third-order valence-corrected chi connectivity index (χ3v) is 4.61. The van der Waals surface area contributed by atoms with Gasteiger partial charge in [0.25, 0.3) is 0 Å². The number of rotatable bonds is 2. The average Bonchev–Trinajstić information content (AvgIpc) is 2.43. The smallest absolute Gasteiger partial charge is 0.311 e. The third kappa shape index (κ3) is 2.07. The summed E-state index contributed by atoms with van der Waals surface area (Å²) in [6.07, 6.45) is 4.22. The first kappa shape index (κ1) is 12.4. The zero-order chi connectivity index (χ0) is 13.4. The van der Waals surface area contributed by atoms with Gasteiger partial charge in [-0.2, -0.15) is 0 Å². The van der Waals surface area contributed by atoms with E-state index in [2.05, 4.69) is 6.92 Å². The number of nitrogens with zero attached hydrogens (tertiary/aromatic N) is 1. The lowest BCUT2D eigenvalue weighted by Gasteiger charge is -2.37. The van der Waals surface area contributed by atoms with E-state index >= 15 is 0 Å². The van der Waals surface area contributed by atoms with Crippen LogP contribution < -0.4 is 0 Å². The topological polar surface area (TPSA) is 49.7 Å². The molecule has 0 spiro atoms. The molecule has 3 nitrogen and oxygen atoms in total. The number of carboxylic acids is 1. The van der Waals surface area contributed by atoms with Crippen LogP contribution in [0.15, 0.2) is 29.3 Å². The van der Waals surface area contributed by atoms with Gasteiger partial charge in [0, 0.05) is 11.6 Å². The molecule has 0 amide bonds. The molecule has 1 N–H and O–H groups in total. The minimum atomic E-state index is -0.707. The number of fused-ring (bicyclic) bond motifs is 2. The molecule has 0 aromatic heterocycles. The molecule has 1 saturated carbocycles. The van der Waals surface area contributed by atoms with Crippen LogP contribution in [0.4, 0.5) is 5.69 Å². The maximum Gasteiger partial charge on any atom is 0.311 e. The predicted octanol–water partition coefficient (Wildman–Crippen LogP) is 3.77. The molecule has 1 aliphatic heterocycles. The number of carboxylic acid groups (broad SMARTS) is 1. The average molecular weight is 257 g/mol. The van der Waals surface area contributed by atoms with Gasteiger partial charge in [0.2, 0.25) is 0 Å². The van der Waals surface area contributed by atoms with Gasteiger partial charge < -0.3 is 5.11 Å². The van der Waals surface area contributed by atoms with Gasteiger partial charge in [-0.05, 0) is 36.8 Å². The van der Waals surface area contributed by atoms with Gasteiger partial charge in [-0.15, -0.1) is 0 Å². The van der Waals surface area contributed by atoms with Crippen molar-refractivity contribution in [3.8, 4) is 0 Å². The third-order valence-electron chi connectivity index (χ3n) is 4.61. The first-order valence-corrected chi connectivity index (χ1v) is 7.10. The maximum atomic E-state index is 11.7. The summed E-state index contributed by atoms with van der Waals surface area (Å²) in [6.45, 7) is 2.19. The molecule has 0 bridgehead atoms. The zero-order valence-electron chi connectivity index (χ0n) is 11.2. The van der Waals surface area contributed by atoms with E-state index < -0.39 is 11.9 Å². The number of aliphatic carboxylic acids is 1. The van der Waals surface area contributed by atoms with E-state index in [0.717, 1.165) is 42.6 Å². The Kier molecular flexibility index (Phi) is 3.13. The summed E-state index contributed by atoms with van der Waals surface area (Å²) in [5.74, 6) is -0.359. The van der Waals surface area contributed by atoms with Gasteiger partial charge in [0.15, 0.2) is 0 Å². The number of hydrogen-bond donors (Lipinski definition) is 1. The van der Waals surface area contributed by atoms with Crippen LogP contribution >= 0.6 is 0 Å². The Bertz CT molecular complexity index is 535. The lowest BCUT2D eigenvalue weighted by molar-refractivity contribution is -0.139. The molecule has 1 aromatic rings. The molecule has 3 atom stereocenters. The van der Waals surface area contributed by atoms with Crippen LogP contribution in [0, 0.1) is 11.8 Å². The van der Waals surface area contributed by atoms with Crippen molar-refractivity contribution in [3.05, 3.63) is 29.8 Å². The molecular weight excluding hydrogens is 238 g/mol. The second-order valence-electron chi connectivity index (χ2n) is 5.63. The number of carbonyl (C=O) groups is 1. The van der Waals surface area contributed by atoms with Gasteiger partial charge >= 0.3 is 5.97 Å². The molecule has 3 heteroatoms. The van der Waals surface area contributed by atoms with Crippen molar-refractivity contribution in [3.63, 3.8) is 0 Å². The predicted molar refractivity (Wildman–Crippen MR) is 75.0 cm³/mol. The van der Waals surface area contributed by atoms with Gasteiger partial charge in [-0.25, -0.2) is 0 Å². The molecule has 100 valence electrons. The van der Waals surface area contributed by atoms with Crippen molar-refractivity contribution in [1.29, 1.82) is 0 Å². The molecule has 1 aromatic carbocycles. The fourth-order valence-corrected chi connectivity index (χ4v) is 3.52. The quantitative estimate of drug-likeness (QED) is 0.876. The van der Waals surface area contributed by atoms with Crippen molar-refractivity contribution in [2.75, 3.05) is 0 Å². The van der Waals surface area contributed by atoms with E-state index in [9.17, 15) is 9.90 Å². The number of hydrogen-bond acceptors (Lipinski definition) is 2. The molecule has 1 heterocycles. The highest BCUT2D eigenvalue weighted by Gasteiger charge is 2.40. The monoisotopic (exact) mass is 257 g/mol. The molecule has 0 saturated heterocycles. The highest BCUT2D eigenvalue weighted by Crippen LogP contribution is 2.45. The minimum Gasteiger partial charge on any atom is -0.481 e. The molecule has 0 unspecified atom stereocenters. The summed E-state index contributed by atoms with van der Waals surface area (Å²) >= 11 is 0. The highest BCUT2D eigenvalue weighted by atomic mass is 16.4. The van der Waals surface area contributed by atoms with Crippen LogP contribution in [0.3, 0.4) is 0 Å². The Balaban J connectivity index is 2.05. The Labute approximate surface area is 113 Å². The molecule has 0 radical (unpaired) electrons. The van der Waals surface area contributed by atoms with E-state index in [1.165, 1.54) is 0 Å². The molecule has 3 rings (SSSR count). The number of benzene rings is 1. The van der Waals surface area contributed by atoms with Crippen molar-refractivity contribution < 1.29 is 9.90 Å². The van der Waals surface area contributed by atoms with Gasteiger partial charge in [-0.3, -0.25) is 9.79 Å². The summed E-state index contributed by atoms with van der Waals surface area (Å²) in [5, 5.41) is 9.63. The number of aliphatic imine (C=N–C) groups is 1. The largest absolute Gasteiger partial charge is 0.481 e. The maximum absolute atomic E-state index is 11.7. The van der Waals surface area contributed by atoms with Gasteiger partial charge in [0.05, 0.1) is 11.6 Å². The van der Waals surface area contributed by atoms with E-state index in [-0.39, 0.29) is 5.92 Å². The van der Waals surface area contributed by atoms with Crippen LogP contribution in [0.2, 0.25) is 0 Å². The summed E-state index contributed by atoms with van der Waals surface area (Å²) in [7, 11) is 0. The van der Waals surface area contributed by atoms with E-state index in [0.29, 0.717) is 5.92 Å². The molecule has 2 aliphatic rings. The van der Waals surface area contributed by atoms with E-state index in [1.54, 1.807) is 0 Å². The van der Waals surface area contributed by atoms with Crippen LogP contribution in [-0.2, 0) is 4.79 Å². The Hall–Kier alpha value is -1.64. The fraction of sp³-hybridized carbons (Fsp3) is 0.500. The molecule has 1 fully saturated rings. The van der Waals surface area contributed by atoms with Gasteiger partial charge in [0.1, 0.15) is 0 Å². The summed E-state index contributed by atoms with van der Waals surface area (Å²) in [6, 6.07) is 7.69. The van der Waals surface area contributed by atoms with Crippen LogP contribution in [0.5, 0.6) is 0 Å². The molecule has 1 aliphatic carbocycles. The lowest BCUT2D eigenvalue weighted by Crippen LogP contribution is -2.35. The Morgan fingerprint density at radius 1 is 1.42 bits per heavy atom. The van der Waals surface area contributed by atoms with Crippen LogP contribution in [0.25, 0.3) is 0 Å². The lowest BCUT2D eigenvalue weighted by atomic mass is 9.69. The van der Waals surface area contributed by atoms with Crippen molar-refractivity contribution in [2.45, 2.75) is 38.5 Å². The van der Waals surface area contributed by atoms with Crippen molar-refractivity contribution in [2.24, 2.45) is 16.8 Å². The summed E-state index contributed by atoms with van der Waals surface area (Å²) in [4.78, 5) is 16.4. The van der Waals surface area contributed by atoms with Crippen LogP contribution in [-0.4, -0.2) is 16.8 Å². The molecular formula is C16H19NO2. The van der Waals surface area contributed by atoms with Crippen molar-refractivity contribution >= 4 is 17.4 Å². The highest BCUT2D eigenvalue weighted by molar-refractivity contribution is 5.98. The Morgan fingerprint density at radius 2 is 2.21 bits per heavy atom. The molecule has 19 heavy (non-hydrogen) atoms. The second kappa shape index (κ2) is 4.80. The zero-order valence-corrected chi connectivity index (χ0v) is 11.2. The first-order chi connectivity index (χ1) is 9.20. The first-order valence-electron chi connectivity index (χ1n) is 7.10. The summed E-state index contributed by atoms with van der Waals surface area (Å²) < 4.78 is 0. The van der Waals surface area contributed by atoms with Crippen LogP contribution in [0.1, 0.15) is 44.1 Å². The second-order valence-corrected chi connectivity index (χ2v) is 5.63. The van der Waals surface area contributed by atoms with E-state index in [4.69, 9.17) is 4.99 Å². The van der Waals surface area contributed by atoms with Crippen molar-refractivity contribution in [1.82, 2.24) is 0 Å². The van der Waals surface area contributed by atoms with E-state index in [1.807, 2.05) is 24.3 Å². The normalized spacial score (nSPS) is 29.1. The minimum absolute atomic E-state index is 0.103. The Morgan fingerprint density at radius 3 is 2.95 bits per heavy atom. The standard InChI is InChI=1S/C16H19NO2/c1-2-10-7-8-14-12(9-10)15(16(18)19)11-5-3-4-6-13(11)17-14/h3-6,10,12,15H,2,7-9H2,1H3,(H,18,19)/t10-,12-,15+/m1/s1. The SMILES string of the molecule is CC[C@@H]1CCC2=Nc3ccccc3[C@H](C(=O)O)[C@@H]2C1. The fourth-order valence-electron chi connectivity index (χ4n) is 3.52. The van der Waals surface area contributed by atoms with Gasteiger partial charge in [-0.1, -0.05) is 31.5 Å². The summed E-state index contributed by atoms with van der Waals surface area (Å²) in [5.41, 5.74) is 2.85.